The third-order valence-electron chi connectivity index (χ3n) is 3.86. The van der Waals surface area contributed by atoms with Crippen LogP contribution >= 0.6 is 24.0 Å². The first-order chi connectivity index (χ1) is 11.9. The lowest BCUT2D eigenvalue weighted by Crippen LogP contribution is -2.39. The molecule has 0 aliphatic carbocycles. The molecule has 3 N–H and O–H groups in total. The van der Waals surface area contributed by atoms with Crippen LogP contribution in [0.15, 0.2) is 23.2 Å². The molecular formula is C16H23F4IN4O. The molecule has 1 heterocycles. The van der Waals surface area contributed by atoms with E-state index in [0.29, 0.717) is 12.6 Å². The van der Waals surface area contributed by atoms with E-state index in [1.807, 2.05) is 0 Å². The lowest BCUT2D eigenvalue weighted by molar-refractivity contribution is -0.138. The number of benzene rings is 1. The minimum Gasteiger partial charge on any atom is -0.379 e. The number of guanidine groups is 1. The summed E-state index contributed by atoms with van der Waals surface area (Å²) in [7, 11) is 0. The quantitative estimate of drug-likeness (QED) is 0.212. The molecular weight excluding hydrogens is 467 g/mol. The third-order valence-corrected chi connectivity index (χ3v) is 3.86. The second-order valence-corrected chi connectivity index (χ2v) is 5.74. The minimum absolute atomic E-state index is 0. The number of ether oxygens (including phenoxy) is 1. The van der Waals surface area contributed by atoms with Crippen molar-refractivity contribution < 1.29 is 22.3 Å². The van der Waals surface area contributed by atoms with Crippen molar-refractivity contribution in [2.75, 3.05) is 39.4 Å². The fourth-order valence-electron chi connectivity index (χ4n) is 2.52. The molecule has 1 aromatic rings. The van der Waals surface area contributed by atoms with E-state index in [2.05, 4.69) is 15.2 Å². The molecule has 26 heavy (non-hydrogen) atoms. The summed E-state index contributed by atoms with van der Waals surface area (Å²) in [6.45, 7) is 4.45. The van der Waals surface area contributed by atoms with Gasteiger partial charge >= 0.3 is 6.18 Å². The first-order valence-corrected chi connectivity index (χ1v) is 8.06. The van der Waals surface area contributed by atoms with Crippen LogP contribution in [-0.2, 0) is 17.5 Å². The normalized spacial score (nSPS) is 16.2. The molecule has 0 aromatic heterocycles. The zero-order valence-corrected chi connectivity index (χ0v) is 16.5. The molecule has 0 bridgehead atoms. The molecule has 1 fully saturated rings. The SMILES string of the molecule is I.NC(=NCc1ccc(F)cc1C(F)(F)F)NCCCN1CCOCC1. The first kappa shape index (κ1) is 22.9. The van der Waals surface area contributed by atoms with E-state index in [1.54, 1.807) is 0 Å². The Morgan fingerprint density at radius 1 is 1.27 bits per heavy atom. The molecule has 0 amide bonds. The van der Waals surface area contributed by atoms with Crippen LogP contribution in [0.2, 0.25) is 0 Å². The number of nitrogens with two attached hydrogens (primary N) is 1. The number of hydrogen-bond acceptors (Lipinski definition) is 3. The highest BCUT2D eigenvalue weighted by atomic mass is 127. The number of rotatable bonds is 6. The molecule has 1 aliphatic heterocycles. The average Bonchev–Trinajstić information content (AvgIpc) is 2.58. The molecule has 0 radical (unpaired) electrons. The highest BCUT2D eigenvalue weighted by Crippen LogP contribution is 2.32. The minimum atomic E-state index is -4.63. The van der Waals surface area contributed by atoms with Crippen LogP contribution in [0.1, 0.15) is 17.5 Å². The van der Waals surface area contributed by atoms with Gasteiger partial charge in [-0.05, 0) is 30.7 Å². The topological polar surface area (TPSA) is 62.9 Å². The summed E-state index contributed by atoms with van der Waals surface area (Å²) in [5.74, 6) is -0.867. The van der Waals surface area contributed by atoms with Crippen LogP contribution in [0.4, 0.5) is 17.6 Å². The van der Waals surface area contributed by atoms with Gasteiger partial charge in [-0.2, -0.15) is 13.2 Å². The van der Waals surface area contributed by atoms with Gasteiger partial charge in [-0.15, -0.1) is 24.0 Å². The molecule has 5 nitrogen and oxygen atoms in total. The van der Waals surface area contributed by atoms with Gasteiger partial charge in [-0.3, -0.25) is 4.90 Å². The van der Waals surface area contributed by atoms with Crippen LogP contribution in [0, 0.1) is 5.82 Å². The monoisotopic (exact) mass is 490 g/mol. The number of hydrogen-bond donors (Lipinski definition) is 2. The van der Waals surface area contributed by atoms with Crippen molar-refractivity contribution in [2.45, 2.75) is 19.1 Å². The predicted molar refractivity (Wildman–Crippen MR) is 102 cm³/mol. The van der Waals surface area contributed by atoms with E-state index in [9.17, 15) is 17.6 Å². The highest BCUT2D eigenvalue weighted by Gasteiger charge is 2.33. The summed E-state index contributed by atoms with van der Waals surface area (Å²) >= 11 is 0. The summed E-state index contributed by atoms with van der Waals surface area (Å²) in [6.07, 6.45) is -3.80. The summed E-state index contributed by atoms with van der Waals surface area (Å²) in [6, 6.07) is 2.52. The van der Waals surface area contributed by atoms with Crippen molar-refractivity contribution in [3.8, 4) is 0 Å². The van der Waals surface area contributed by atoms with Crippen molar-refractivity contribution in [3.05, 3.63) is 35.1 Å². The summed E-state index contributed by atoms with van der Waals surface area (Å²) < 4.78 is 57.0. The number of nitrogens with one attached hydrogen (secondary N) is 1. The molecule has 1 aromatic carbocycles. The van der Waals surface area contributed by atoms with E-state index in [-0.39, 0.29) is 42.0 Å². The smallest absolute Gasteiger partial charge is 0.379 e. The maximum absolute atomic E-state index is 13.1. The zero-order chi connectivity index (χ0) is 18.3. The van der Waals surface area contributed by atoms with E-state index in [0.717, 1.165) is 51.4 Å². The second kappa shape index (κ2) is 10.9. The van der Waals surface area contributed by atoms with Gasteiger partial charge in [-0.1, -0.05) is 6.07 Å². The van der Waals surface area contributed by atoms with Crippen LogP contribution in [0.3, 0.4) is 0 Å². The van der Waals surface area contributed by atoms with Gasteiger partial charge in [0, 0.05) is 19.6 Å². The lowest BCUT2D eigenvalue weighted by atomic mass is 10.1. The summed E-state index contributed by atoms with van der Waals surface area (Å²) in [5, 5.41) is 2.88. The Morgan fingerprint density at radius 2 is 1.96 bits per heavy atom. The Hall–Kier alpha value is -1.14. The van der Waals surface area contributed by atoms with Gasteiger partial charge in [-0.25, -0.2) is 9.38 Å². The Kier molecular flexibility index (Phi) is 9.58. The number of morpholine rings is 1. The summed E-state index contributed by atoms with van der Waals surface area (Å²) in [5.41, 5.74) is 4.53. The summed E-state index contributed by atoms with van der Waals surface area (Å²) in [4.78, 5) is 6.18. The predicted octanol–water partition coefficient (Wildman–Crippen LogP) is 2.59. The molecule has 2 rings (SSSR count). The fourth-order valence-corrected chi connectivity index (χ4v) is 2.52. The van der Waals surface area contributed by atoms with Crippen LogP contribution < -0.4 is 11.1 Å². The van der Waals surface area contributed by atoms with Crippen LogP contribution in [0.5, 0.6) is 0 Å². The van der Waals surface area contributed by atoms with Crippen molar-refractivity contribution >= 4 is 29.9 Å². The largest absolute Gasteiger partial charge is 0.416 e. The third kappa shape index (κ3) is 7.62. The van der Waals surface area contributed by atoms with Crippen molar-refractivity contribution in [1.29, 1.82) is 0 Å². The molecule has 1 aliphatic rings. The molecule has 10 heteroatoms. The van der Waals surface area contributed by atoms with E-state index >= 15 is 0 Å². The molecule has 0 atom stereocenters. The second-order valence-electron chi connectivity index (χ2n) is 5.74. The van der Waals surface area contributed by atoms with E-state index in [4.69, 9.17) is 10.5 Å². The lowest BCUT2D eigenvalue weighted by Gasteiger charge is -2.26. The van der Waals surface area contributed by atoms with Gasteiger partial charge in [0.25, 0.3) is 0 Å². The number of halogens is 5. The molecule has 0 saturated carbocycles. The van der Waals surface area contributed by atoms with Gasteiger partial charge in [0.2, 0.25) is 0 Å². The highest BCUT2D eigenvalue weighted by molar-refractivity contribution is 14.0. The maximum Gasteiger partial charge on any atom is 0.416 e. The van der Waals surface area contributed by atoms with Gasteiger partial charge in [0.05, 0.1) is 25.3 Å². The van der Waals surface area contributed by atoms with E-state index < -0.39 is 17.6 Å². The van der Waals surface area contributed by atoms with E-state index in [1.165, 1.54) is 0 Å². The Balaban J connectivity index is 0.00000338. The zero-order valence-electron chi connectivity index (χ0n) is 14.2. The Labute approximate surface area is 167 Å². The average molecular weight is 490 g/mol. The Bertz CT molecular complexity index is 592. The Morgan fingerprint density at radius 3 is 2.62 bits per heavy atom. The fraction of sp³-hybridized carbons (Fsp3) is 0.562. The van der Waals surface area contributed by atoms with Crippen molar-refractivity contribution in [3.63, 3.8) is 0 Å². The number of nitrogens with zero attached hydrogens (tertiary/aromatic N) is 2. The molecule has 0 spiro atoms. The number of alkyl halides is 3. The first-order valence-electron chi connectivity index (χ1n) is 8.06. The molecule has 1 saturated heterocycles. The van der Waals surface area contributed by atoms with Crippen LogP contribution in [0.25, 0.3) is 0 Å². The molecule has 0 unspecified atom stereocenters. The van der Waals surface area contributed by atoms with Gasteiger partial charge < -0.3 is 15.8 Å². The van der Waals surface area contributed by atoms with Crippen LogP contribution in [-0.4, -0.2) is 50.3 Å². The maximum atomic E-state index is 13.1. The van der Waals surface area contributed by atoms with Gasteiger partial charge in [0.15, 0.2) is 5.96 Å². The standard InChI is InChI=1S/C16H22F4N4O.HI/c17-13-3-2-12(14(10-13)16(18,19)20)11-23-15(21)22-4-1-5-24-6-8-25-9-7-24;/h2-3,10H,1,4-9,11H2,(H3,21,22,23);1H. The van der Waals surface area contributed by atoms with Gasteiger partial charge in [0.1, 0.15) is 5.82 Å². The van der Waals surface area contributed by atoms with Crippen molar-refractivity contribution in [1.82, 2.24) is 10.2 Å². The molecule has 148 valence electrons. The number of aliphatic imine (C=N–C) groups is 1. The van der Waals surface area contributed by atoms with Crippen molar-refractivity contribution in [2.24, 2.45) is 10.7 Å².